The van der Waals surface area contributed by atoms with E-state index in [0.717, 1.165) is 4.90 Å². The molecular formula is C17H17NO7. The van der Waals surface area contributed by atoms with Crippen LogP contribution < -0.4 is 0 Å². The standard InChI is InChI=1S/C17H17NO7/c1-9(19)24-14-8-23-15(25-10(2)20)7-13(14)18-16(21)11-5-3-4-6-12(11)17(18)22/h3-6,13-15H,7-8H2,1-2H3/t13-,14-,15+/m1/s1. The molecule has 25 heavy (non-hydrogen) atoms. The van der Waals surface area contributed by atoms with Crippen molar-refractivity contribution < 1.29 is 33.4 Å². The van der Waals surface area contributed by atoms with E-state index in [0.29, 0.717) is 11.1 Å². The molecule has 3 rings (SSSR count). The van der Waals surface area contributed by atoms with Crippen LogP contribution in [0.5, 0.6) is 0 Å². The minimum atomic E-state index is -0.918. The first-order valence-corrected chi connectivity index (χ1v) is 7.81. The lowest BCUT2D eigenvalue weighted by molar-refractivity contribution is -0.211. The van der Waals surface area contributed by atoms with E-state index in [2.05, 4.69) is 0 Å². The molecule has 2 aliphatic heterocycles. The zero-order valence-corrected chi connectivity index (χ0v) is 13.8. The molecule has 0 radical (unpaired) electrons. The van der Waals surface area contributed by atoms with Gasteiger partial charge in [-0.3, -0.25) is 24.1 Å². The van der Waals surface area contributed by atoms with Crippen molar-refractivity contribution in [1.82, 2.24) is 4.90 Å². The van der Waals surface area contributed by atoms with Crippen LogP contribution in [0.3, 0.4) is 0 Å². The van der Waals surface area contributed by atoms with Crippen LogP contribution in [0.25, 0.3) is 0 Å². The van der Waals surface area contributed by atoms with Crippen LogP contribution >= 0.6 is 0 Å². The summed E-state index contributed by atoms with van der Waals surface area (Å²) in [5.41, 5.74) is 0.592. The number of fused-ring (bicyclic) bond motifs is 1. The maximum Gasteiger partial charge on any atom is 0.304 e. The Labute approximate surface area is 143 Å². The summed E-state index contributed by atoms with van der Waals surface area (Å²) >= 11 is 0. The molecule has 8 heteroatoms. The highest BCUT2D eigenvalue weighted by molar-refractivity contribution is 6.21. The molecule has 0 unspecified atom stereocenters. The van der Waals surface area contributed by atoms with E-state index >= 15 is 0 Å². The van der Waals surface area contributed by atoms with Gasteiger partial charge in [0.2, 0.25) is 6.29 Å². The fourth-order valence-corrected chi connectivity index (χ4v) is 3.10. The molecule has 0 aromatic heterocycles. The molecule has 0 N–H and O–H groups in total. The highest BCUT2D eigenvalue weighted by Gasteiger charge is 2.47. The number of benzene rings is 1. The van der Waals surface area contributed by atoms with Gasteiger partial charge in [0.1, 0.15) is 6.10 Å². The number of hydrogen-bond acceptors (Lipinski definition) is 7. The predicted molar refractivity (Wildman–Crippen MR) is 82.4 cm³/mol. The zero-order chi connectivity index (χ0) is 18.1. The Morgan fingerprint density at radius 3 is 2.12 bits per heavy atom. The second kappa shape index (κ2) is 6.64. The van der Waals surface area contributed by atoms with E-state index in [1.807, 2.05) is 0 Å². The molecule has 1 fully saturated rings. The number of hydrogen-bond donors (Lipinski definition) is 0. The summed E-state index contributed by atoms with van der Waals surface area (Å²) < 4.78 is 15.6. The van der Waals surface area contributed by atoms with Crippen LogP contribution in [-0.2, 0) is 23.8 Å². The lowest BCUT2D eigenvalue weighted by atomic mass is 10.0. The monoisotopic (exact) mass is 347 g/mol. The molecule has 0 saturated carbocycles. The van der Waals surface area contributed by atoms with Crippen molar-refractivity contribution in [3.63, 3.8) is 0 Å². The summed E-state index contributed by atoms with van der Waals surface area (Å²) in [6.45, 7) is 2.38. The van der Waals surface area contributed by atoms with Crippen LogP contribution in [0, 0.1) is 0 Å². The Hall–Kier alpha value is -2.74. The first kappa shape index (κ1) is 17.1. The quantitative estimate of drug-likeness (QED) is 0.591. The van der Waals surface area contributed by atoms with Gasteiger partial charge in [-0.25, -0.2) is 0 Å². The number of carbonyl (C=O) groups excluding carboxylic acids is 4. The summed E-state index contributed by atoms with van der Waals surface area (Å²) in [6.07, 6.45) is -1.71. The molecule has 3 atom stereocenters. The first-order chi connectivity index (χ1) is 11.9. The van der Waals surface area contributed by atoms with Crippen molar-refractivity contribution in [2.45, 2.75) is 38.7 Å². The maximum atomic E-state index is 12.7. The highest BCUT2D eigenvalue weighted by atomic mass is 16.7. The summed E-state index contributed by atoms with van der Waals surface area (Å²) in [7, 11) is 0. The van der Waals surface area contributed by atoms with Gasteiger partial charge in [0, 0.05) is 20.3 Å². The van der Waals surface area contributed by atoms with Crippen molar-refractivity contribution in [2.24, 2.45) is 0 Å². The third kappa shape index (κ3) is 3.25. The van der Waals surface area contributed by atoms with Crippen LogP contribution in [-0.4, -0.2) is 53.7 Å². The van der Waals surface area contributed by atoms with Crippen molar-refractivity contribution >= 4 is 23.8 Å². The molecule has 0 bridgehead atoms. The molecule has 132 valence electrons. The average Bonchev–Trinajstić information content (AvgIpc) is 2.80. The second-order valence-electron chi connectivity index (χ2n) is 5.85. The fourth-order valence-electron chi connectivity index (χ4n) is 3.10. The lowest BCUT2D eigenvalue weighted by Gasteiger charge is -2.38. The molecule has 0 aliphatic carbocycles. The van der Waals surface area contributed by atoms with E-state index < -0.39 is 42.2 Å². The van der Waals surface area contributed by atoms with Gasteiger partial charge in [-0.05, 0) is 12.1 Å². The normalized spacial score (nSPS) is 25.5. The molecule has 1 aromatic rings. The van der Waals surface area contributed by atoms with Gasteiger partial charge in [0.05, 0.1) is 23.8 Å². The number of imide groups is 1. The Morgan fingerprint density at radius 1 is 1.04 bits per heavy atom. The van der Waals surface area contributed by atoms with E-state index in [-0.39, 0.29) is 13.0 Å². The third-order valence-electron chi connectivity index (χ3n) is 4.08. The Kier molecular flexibility index (Phi) is 4.54. The van der Waals surface area contributed by atoms with E-state index in [9.17, 15) is 19.2 Å². The number of rotatable bonds is 3. The number of esters is 2. The van der Waals surface area contributed by atoms with Crippen molar-refractivity contribution in [1.29, 1.82) is 0 Å². The Balaban J connectivity index is 1.90. The molecule has 2 amide bonds. The summed E-state index contributed by atoms with van der Waals surface area (Å²) in [5, 5.41) is 0. The first-order valence-electron chi connectivity index (χ1n) is 7.81. The van der Waals surface area contributed by atoms with E-state index in [1.54, 1.807) is 24.3 Å². The van der Waals surface area contributed by atoms with Crippen LogP contribution in [0.4, 0.5) is 0 Å². The number of ether oxygens (including phenoxy) is 3. The van der Waals surface area contributed by atoms with Gasteiger partial charge in [0.25, 0.3) is 11.8 Å². The van der Waals surface area contributed by atoms with Gasteiger partial charge in [0.15, 0.2) is 0 Å². The van der Waals surface area contributed by atoms with E-state index in [4.69, 9.17) is 14.2 Å². The van der Waals surface area contributed by atoms with Gasteiger partial charge < -0.3 is 14.2 Å². The predicted octanol–water partition coefficient (Wildman–Crippen LogP) is 0.892. The molecule has 1 saturated heterocycles. The lowest BCUT2D eigenvalue weighted by Crippen LogP contribution is -2.55. The van der Waals surface area contributed by atoms with E-state index in [1.165, 1.54) is 13.8 Å². The number of amides is 2. The topological polar surface area (TPSA) is 99.2 Å². The molecule has 0 spiro atoms. The molecule has 8 nitrogen and oxygen atoms in total. The molecule has 2 aliphatic rings. The molecule has 1 aromatic carbocycles. The zero-order valence-electron chi connectivity index (χ0n) is 13.8. The minimum Gasteiger partial charge on any atom is -0.458 e. The summed E-state index contributed by atoms with van der Waals surface area (Å²) in [5.74, 6) is -2.03. The Morgan fingerprint density at radius 2 is 1.60 bits per heavy atom. The van der Waals surface area contributed by atoms with Gasteiger partial charge in [-0.2, -0.15) is 0 Å². The fraction of sp³-hybridized carbons (Fsp3) is 0.412. The van der Waals surface area contributed by atoms with Crippen molar-refractivity contribution in [3.8, 4) is 0 Å². The van der Waals surface area contributed by atoms with Crippen LogP contribution in [0.15, 0.2) is 24.3 Å². The van der Waals surface area contributed by atoms with Crippen molar-refractivity contribution in [3.05, 3.63) is 35.4 Å². The molecule has 2 heterocycles. The van der Waals surface area contributed by atoms with Crippen LogP contribution in [0.1, 0.15) is 41.0 Å². The highest BCUT2D eigenvalue weighted by Crippen LogP contribution is 2.31. The molecular weight excluding hydrogens is 330 g/mol. The SMILES string of the molecule is CC(=O)O[C@H]1C[C@@H](N2C(=O)c3ccccc3C2=O)[C@H](OC(C)=O)CO1. The minimum absolute atomic E-state index is 0.0307. The smallest absolute Gasteiger partial charge is 0.304 e. The summed E-state index contributed by atoms with van der Waals surface area (Å²) in [4.78, 5) is 49.0. The van der Waals surface area contributed by atoms with Crippen LogP contribution in [0.2, 0.25) is 0 Å². The second-order valence-corrected chi connectivity index (χ2v) is 5.85. The average molecular weight is 347 g/mol. The van der Waals surface area contributed by atoms with Gasteiger partial charge >= 0.3 is 11.9 Å². The number of nitrogens with zero attached hydrogens (tertiary/aromatic N) is 1. The Bertz CT molecular complexity index is 709. The number of carbonyl (C=O) groups is 4. The maximum absolute atomic E-state index is 12.7. The largest absolute Gasteiger partial charge is 0.458 e. The third-order valence-corrected chi connectivity index (χ3v) is 4.08. The summed E-state index contributed by atoms with van der Waals surface area (Å²) in [6, 6.07) is 5.69. The van der Waals surface area contributed by atoms with Crippen molar-refractivity contribution in [2.75, 3.05) is 6.61 Å². The van der Waals surface area contributed by atoms with Gasteiger partial charge in [-0.1, -0.05) is 12.1 Å². The van der Waals surface area contributed by atoms with Gasteiger partial charge in [-0.15, -0.1) is 0 Å².